The molecule has 3 rings (SSSR count). The molecular weight excluding hydrogens is 354 g/mol. The lowest BCUT2D eigenvalue weighted by Crippen LogP contribution is -2.27. The number of ether oxygens (including phenoxy) is 1. The van der Waals surface area contributed by atoms with Crippen LogP contribution >= 0.6 is 11.6 Å². The second-order valence-electron chi connectivity index (χ2n) is 5.76. The SMILES string of the molecule is Cc1nc(COc2ccccc2C(=O)NC(C)c2cccc(Cl)c2)no1. The third-order valence-electron chi connectivity index (χ3n) is 3.75. The van der Waals surface area contributed by atoms with E-state index in [4.69, 9.17) is 20.9 Å². The van der Waals surface area contributed by atoms with Crippen molar-refractivity contribution in [1.29, 1.82) is 0 Å². The van der Waals surface area contributed by atoms with Crippen molar-refractivity contribution in [2.24, 2.45) is 0 Å². The van der Waals surface area contributed by atoms with E-state index >= 15 is 0 Å². The number of hydrogen-bond acceptors (Lipinski definition) is 5. The Kier molecular flexibility index (Phi) is 5.53. The van der Waals surface area contributed by atoms with Gasteiger partial charge in [0.1, 0.15) is 5.75 Å². The van der Waals surface area contributed by atoms with Gasteiger partial charge in [0, 0.05) is 11.9 Å². The molecule has 0 spiro atoms. The molecule has 1 heterocycles. The number of aromatic nitrogens is 2. The van der Waals surface area contributed by atoms with E-state index in [2.05, 4.69) is 15.5 Å². The Morgan fingerprint density at radius 3 is 2.81 bits per heavy atom. The van der Waals surface area contributed by atoms with Crippen LogP contribution in [0.15, 0.2) is 53.1 Å². The van der Waals surface area contributed by atoms with Crippen LogP contribution in [0.4, 0.5) is 0 Å². The minimum Gasteiger partial charge on any atom is -0.485 e. The van der Waals surface area contributed by atoms with Crippen molar-refractivity contribution < 1.29 is 14.1 Å². The lowest BCUT2D eigenvalue weighted by Gasteiger charge is -2.16. The van der Waals surface area contributed by atoms with E-state index in [0.717, 1.165) is 5.56 Å². The first-order valence-electron chi connectivity index (χ1n) is 8.10. The minimum absolute atomic E-state index is 0.117. The van der Waals surface area contributed by atoms with E-state index < -0.39 is 0 Å². The summed E-state index contributed by atoms with van der Waals surface area (Å²) in [5, 5.41) is 7.36. The number of amides is 1. The molecule has 0 saturated heterocycles. The van der Waals surface area contributed by atoms with E-state index in [-0.39, 0.29) is 18.6 Å². The Labute approximate surface area is 156 Å². The highest BCUT2D eigenvalue weighted by molar-refractivity contribution is 6.30. The molecule has 0 aliphatic heterocycles. The van der Waals surface area contributed by atoms with Gasteiger partial charge in [-0.1, -0.05) is 41.0 Å². The van der Waals surface area contributed by atoms with Gasteiger partial charge in [-0.25, -0.2) is 0 Å². The number of halogens is 1. The topological polar surface area (TPSA) is 77.2 Å². The molecule has 0 bridgehead atoms. The largest absolute Gasteiger partial charge is 0.485 e. The van der Waals surface area contributed by atoms with Crippen molar-refractivity contribution in [2.75, 3.05) is 0 Å². The molecule has 0 aliphatic rings. The van der Waals surface area contributed by atoms with Crippen molar-refractivity contribution in [3.63, 3.8) is 0 Å². The maximum absolute atomic E-state index is 12.7. The van der Waals surface area contributed by atoms with Crippen LogP contribution in [0.1, 0.15) is 40.6 Å². The third kappa shape index (κ3) is 4.40. The highest BCUT2D eigenvalue weighted by atomic mass is 35.5. The van der Waals surface area contributed by atoms with Crippen molar-refractivity contribution in [2.45, 2.75) is 26.5 Å². The lowest BCUT2D eigenvalue weighted by molar-refractivity contribution is 0.0935. The van der Waals surface area contributed by atoms with Gasteiger partial charge in [-0.15, -0.1) is 0 Å². The van der Waals surface area contributed by atoms with Gasteiger partial charge in [-0.3, -0.25) is 4.79 Å². The van der Waals surface area contributed by atoms with Gasteiger partial charge in [0.05, 0.1) is 11.6 Å². The number of para-hydroxylation sites is 1. The Bertz CT molecular complexity index is 910. The van der Waals surface area contributed by atoms with Crippen LogP contribution in [0.25, 0.3) is 0 Å². The summed E-state index contributed by atoms with van der Waals surface area (Å²) in [5.74, 6) is 1.10. The zero-order valence-electron chi connectivity index (χ0n) is 14.4. The fraction of sp³-hybridized carbons (Fsp3) is 0.211. The van der Waals surface area contributed by atoms with E-state index in [1.165, 1.54) is 0 Å². The summed E-state index contributed by atoms with van der Waals surface area (Å²) < 4.78 is 10.6. The summed E-state index contributed by atoms with van der Waals surface area (Å²) in [4.78, 5) is 16.8. The van der Waals surface area contributed by atoms with E-state index in [9.17, 15) is 4.79 Å². The number of aryl methyl sites for hydroxylation is 1. The minimum atomic E-state index is -0.239. The normalized spacial score (nSPS) is 11.8. The van der Waals surface area contributed by atoms with Crippen molar-refractivity contribution in [1.82, 2.24) is 15.5 Å². The third-order valence-corrected chi connectivity index (χ3v) is 3.99. The quantitative estimate of drug-likeness (QED) is 0.705. The number of hydrogen-bond donors (Lipinski definition) is 1. The average molecular weight is 372 g/mol. The molecule has 2 aromatic carbocycles. The van der Waals surface area contributed by atoms with E-state index in [0.29, 0.717) is 28.1 Å². The van der Waals surface area contributed by atoms with Crippen LogP contribution in [0, 0.1) is 6.92 Å². The Morgan fingerprint density at radius 2 is 2.08 bits per heavy atom. The molecule has 134 valence electrons. The van der Waals surface area contributed by atoms with Gasteiger partial charge in [-0.2, -0.15) is 4.98 Å². The first kappa shape index (κ1) is 17.9. The molecule has 1 aromatic heterocycles. The standard InChI is InChI=1S/C19H18ClN3O3/c1-12(14-6-5-7-15(20)10-14)21-19(24)16-8-3-4-9-17(16)25-11-18-22-13(2)26-23-18/h3-10,12H,11H2,1-2H3,(H,21,24). The van der Waals surface area contributed by atoms with Crippen molar-refractivity contribution >= 4 is 17.5 Å². The Morgan fingerprint density at radius 1 is 1.27 bits per heavy atom. The average Bonchev–Trinajstić information content (AvgIpc) is 3.05. The number of nitrogens with zero attached hydrogens (tertiary/aromatic N) is 2. The molecule has 1 atom stereocenters. The summed E-state index contributed by atoms with van der Waals surface area (Å²) in [7, 11) is 0. The van der Waals surface area contributed by atoms with Crippen LogP contribution in [-0.4, -0.2) is 16.0 Å². The molecule has 0 aliphatic carbocycles. The Balaban J connectivity index is 1.71. The van der Waals surface area contributed by atoms with E-state index in [1.54, 1.807) is 37.3 Å². The number of carbonyl (C=O) groups excluding carboxylic acids is 1. The predicted octanol–water partition coefficient (Wildman–Crippen LogP) is 4.10. The number of nitrogens with one attached hydrogen (secondary N) is 1. The lowest BCUT2D eigenvalue weighted by atomic mass is 10.1. The first-order valence-corrected chi connectivity index (χ1v) is 8.48. The fourth-order valence-electron chi connectivity index (χ4n) is 2.46. The van der Waals surface area contributed by atoms with Crippen LogP contribution in [0.3, 0.4) is 0 Å². The smallest absolute Gasteiger partial charge is 0.255 e. The van der Waals surface area contributed by atoms with Crippen molar-refractivity contribution in [3.8, 4) is 5.75 Å². The zero-order valence-corrected chi connectivity index (χ0v) is 15.2. The highest BCUT2D eigenvalue weighted by Gasteiger charge is 2.16. The van der Waals surface area contributed by atoms with Crippen LogP contribution in [-0.2, 0) is 6.61 Å². The fourth-order valence-corrected chi connectivity index (χ4v) is 2.65. The summed E-state index contributed by atoms with van der Waals surface area (Å²) in [6, 6.07) is 14.2. The van der Waals surface area contributed by atoms with Crippen LogP contribution in [0.2, 0.25) is 5.02 Å². The molecular formula is C19H18ClN3O3. The number of benzene rings is 2. The summed E-state index contributed by atoms with van der Waals surface area (Å²) in [6.45, 7) is 3.72. The molecule has 3 aromatic rings. The molecule has 1 N–H and O–H groups in total. The van der Waals surface area contributed by atoms with Gasteiger partial charge >= 0.3 is 0 Å². The molecule has 0 radical (unpaired) electrons. The molecule has 7 heteroatoms. The van der Waals surface area contributed by atoms with E-state index in [1.807, 2.05) is 25.1 Å². The Hall–Kier alpha value is -2.86. The van der Waals surface area contributed by atoms with Gasteiger partial charge in [-0.05, 0) is 36.8 Å². The molecule has 0 fully saturated rings. The molecule has 6 nitrogen and oxygen atoms in total. The summed E-state index contributed by atoms with van der Waals surface area (Å²) >= 11 is 6.02. The maximum Gasteiger partial charge on any atom is 0.255 e. The van der Waals surface area contributed by atoms with Gasteiger partial charge in [0.2, 0.25) is 11.7 Å². The van der Waals surface area contributed by atoms with Gasteiger partial charge in [0.25, 0.3) is 5.91 Å². The van der Waals surface area contributed by atoms with Crippen molar-refractivity contribution in [3.05, 3.63) is 76.4 Å². The number of rotatable bonds is 6. The maximum atomic E-state index is 12.7. The molecule has 0 saturated carbocycles. The zero-order chi connectivity index (χ0) is 18.5. The second-order valence-corrected chi connectivity index (χ2v) is 6.20. The molecule has 26 heavy (non-hydrogen) atoms. The summed E-state index contributed by atoms with van der Waals surface area (Å²) in [6.07, 6.45) is 0. The van der Waals surface area contributed by atoms with Crippen LogP contribution < -0.4 is 10.1 Å². The first-order chi connectivity index (χ1) is 12.5. The van der Waals surface area contributed by atoms with Gasteiger partial charge < -0.3 is 14.6 Å². The van der Waals surface area contributed by atoms with Gasteiger partial charge in [0.15, 0.2) is 6.61 Å². The highest BCUT2D eigenvalue weighted by Crippen LogP contribution is 2.22. The van der Waals surface area contributed by atoms with Crippen LogP contribution in [0.5, 0.6) is 5.75 Å². The molecule has 1 unspecified atom stereocenters. The molecule has 1 amide bonds. The second kappa shape index (κ2) is 8.01. The summed E-state index contributed by atoms with van der Waals surface area (Å²) in [5.41, 5.74) is 1.35. The monoisotopic (exact) mass is 371 g/mol. The predicted molar refractivity (Wildman–Crippen MR) is 97.1 cm³/mol. The number of carbonyl (C=O) groups is 1.